The lowest BCUT2D eigenvalue weighted by Crippen LogP contribution is -2.24. The van der Waals surface area contributed by atoms with Crippen LogP contribution in [0.1, 0.15) is 21.9 Å². The van der Waals surface area contributed by atoms with Crippen LogP contribution in [0.5, 0.6) is 0 Å². The van der Waals surface area contributed by atoms with Crippen LogP contribution in [0, 0.1) is 6.92 Å². The Bertz CT molecular complexity index is 520. The van der Waals surface area contributed by atoms with Gasteiger partial charge in [-0.05, 0) is 19.1 Å². The molecule has 0 saturated heterocycles. The van der Waals surface area contributed by atoms with Crippen LogP contribution in [0.15, 0.2) is 22.7 Å². The van der Waals surface area contributed by atoms with Crippen LogP contribution in [0.2, 0.25) is 0 Å². The van der Waals surface area contributed by atoms with Crippen molar-refractivity contribution in [3.8, 4) is 0 Å². The molecule has 0 aliphatic carbocycles. The standard InChI is InChI=1S/C10H11N5O2/c1-6-4-7(15-17-6)5-12-10(16)8-2-3-9(11)14-13-8/h2-4H,5H2,1H3,(H2,11,14)(H,12,16). The molecular weight excluding hydrogens is 222 g/mol. The van der Waals surface area contributed by atoms with Crippen LogP contribution >= 0.6 is 0 Å². The van der Waals surface area contributed by atoms with E-state index >= 15 is 0 Å². The summed E-state index contributed by atoms with van der Waals surface area (Å²) in [6.45, 7) is 2.06. The van der Waals surface area contributed by atoms with Crippen LogP contribution in [0.25, 0.3) is 0 Å². The number of carbonyl (C=O) groups excluding carboxylic acids is 1. The van der Waals surface area contributed by atoms with Gasteiger partial charge in [-0.25, -0.2) is 0 Å². The van der Waals surface area contributed by atoms with E-state index in [2.05, 4.69) is 20.7 Å². The highest BCUT2D eigenvalue weighted by molar-refractivity contribution is 5.92. The highest BCUT2D eigenvalue weighted by atomic mass is 16.5. The Morgan fingerprint density at radius 2 is 2.29 bits per heavy atom. The van der Waals surface area contributed by atoms with Crippen LogP contribution in [-0.2, 0) is 6.54 Å². The van der Waals surface area contributed by atoms with Gasteiger partial charge < -0.3 is 15.6 Å². The average molecular weight is 233 g/mol. The number of nitrogen functional groups attached to an aromatic ring is 1. The van der Waals surface area contributed by atoms with Crippen LogP contribution < -0.4 is 11.1 Å². The van der Waals surface area contributed by atoms with Crippen LogP contribution in [0.3, 0.4) is 0 Å². The SMILES string of the molecule is Cc1cc(CNC(=O)c2ccc(N)nn2)no1. The molecule has 0 saturated carbocycles. The van der Waals surface area contributed by atoms with E-state index in [1.54, 1.807) is 13.0 Å². The summed E-state index contributed by atoms with van der Waals surface area (Å²) in [5, 5.41) is 13.6. The number of amides is 1. The first-order chi connectivity index (χ1) is 8.15. The topological polar surface area (TPSA) is 107 Å². The van der Waals surface area contributed by atoms with Crippen molar-refractivity contribution in [1.29, 1.82) is 0 Å². The van der Waals surface area contributed by atoms with Gasteiger partial charge in [0.25, 0.3) is 5.91 Å². The minimum absolute atomic E-state index is 0.208. The molecule has 3 N–H and O–H groups in total. The van der Waals surface area contributed by atoms with E-state index in [1.165, 1.54) is 12.1 Å². The fourth-order valence-corrected chi connectivity index (χ4v) is 1.23. The Morgan fingerprint density at radius 3 is 2.88 bits per heavy atom. The lowest BCUT2D eigenvalue weighted by molar-refractivity contribution is 0.0944. The van der Waals surface area contributed by atoms with Gasteiger partial charge in [0.05, 0.1) is 6.54 Å². The van der Waals surface area contributed by atoms with Gasteiger partial charge in [0.2, 0.25) is 0 Å². The molecule has 0 bridgehead atoms. The van der Waals surface area contributed by atoms with Crippen molar-refractivity contribution >= 4 is 11.7 Å². The zero-order valence-electron chi connectivity index (χ0n) is 9.17. The number of carbonyl (C=O) groups is 1. The fraction of sp³-hybridized carbons (Fsp3) is 0.200. The molecular formula is C10H11N5O2. The summed E-state index contributed by atoms with van der Waals surface area (Å²) in [6.07, 6.45) is 0. The molecule has 0 aliphatic rings. The molecule has 7 heteroatoms. The molecule has 0 unspecified atom stereocenters. The molecule has 2 rings (SSSR count). The molecule has 0 aromatic carbocycles. The third-order valence-electron chi connectivity index (χ3n) is 2.02. The van der Waals surface area contributed by atoms with Crippen molar-refractivity contribution in [2.45, 2.75) is 13.5 Å². The maximum atomic E-state index is 11.6. The van der Waals surface area contributed by atoms with E-state index in [0.717, 1.165) is 0 Å². The largest absolute Gasteiger partial charge is 0.382 e. The van der Waals surface area contributed by atoms with Crippen molar-refractivity contribution in [3.63, 3.8) is 0 Å². The summed E-state index contributed by atoms with van der Waals surface area (Å²) in [4.78, 5) is 11.6. The summed E-state index contributed by atoms with van der Waals surface area (Å²) in [7, 11) is 0. The summed E-state index contributed by atoms with van der Waals surface area (Å²) < 4.78 is 4.87. The molecule has 2 aromatic rings. The molecule has 1 amide bonds. The number of nitrogens with zero attached hydrogens (tertiary/aromatic N) is 3. The summed E-state index contributed by atoms with van der Waals surface area (Å²) in [5.74, 6) is 0.633. The molecule has 2 heterocycles. The maximum absolute atomic E-state index is 11.6. The van der Waals surface area contributed by atoms with Gasteiger partial charge in [0.15, 0.2) is 5.69 Å². The number of anilines is 1. The van der Waals surface area contributed by atoms with Crippen molar-refractivity contribution < 1.29 is 9.32 Å². The maximum Gasteiger partial charge on any atom is 0.272 e. The van der Waals surface area contributed by atoms with Gasteiger partial charge in [-0.3, -0.25) is 4.79 Å². The van der Waals surface area contributed by atoms with Gasteiger partial charge in [-0.1, -0.05) is 5.16 Å². The van der Waals surface area contributed by atoms with Crippen molar-refractivity contribution in [1.82, 2.24) is 20.7 Å². The van der Waals surface area contributed by atoms with Crippen molar-refractivity contribution in [2.24, 2.45) is 0 Å². The number of nitrogens with one attached hydrogen (secondary N) is 1. The molecule has 17 heavy (non-hydrogen) atoms. The smallest absolute Gasteiger partial charge is 0.272 e. The Morgan fingerprint density at radius 1 is 1.47 bits per heavy atom. The van der Waals surface area contributed by atoms with Gasteiger partial charge in [0, 0.05) is 6.07 Å². The van der Waals surface area contributed by atoms with Crippen LogP contribution in [0.4, 0.5) is 5.82 Å². The Labute approximate surface area is 97.0 Å². The molecule has 0 spiro atoms. The summed E-state index contributed by atoms with van der Waals surface area (Å²) >= 11 is 0. The normalized spacial score (nSPS) is 10.2. The lowest BCUT2D eigenvalue weighted by atomic mass is 10.3. The van der Waals surface area contributed by atoms with Crippen LogP contribution in [-0.4, -0.2) is 21.3 Å². The first-order valence-electron chi connectivity index (χ1n) is 4.95. The van der Waals surface area contributed by atoms with Crippen molar-refractivity contribution in [3.05, 3.63) is 35.3 Å². The highest BCUT2D eigenvalue weighted by Crippen LogP contribution is 2.02. The Balaban J connectivity index is 1.95. The van der Waals surface area contributed by atoms with Gasteiger partial charge >= 0.3 is 0 Å². The van der Waals surface area contributed by atoms with Crippen molar-refractivity contribution in [2.75, 3.05) is 5.73 Å². The molecule has 0 aliphatic heterocycles. The summed E-state index contributed by atoms with van der Waals surface area (Å²) in [5.41, 5.74) is 6.23. The van der Waals surface area contributed by atoms with Gasteiger partial charge in [-0.15, -0.1) is 10.2 Å². The zero-order chi connectivity index (χ0) is 12.3. The number of nitrogens with two attached hydrogens (primary N) is 1. The van der Waals surface area contributed by atoms with E-state index in [-0.39, 0.29) is 24.0 Å². The predicted molar refractivity (Wildman–Crippen MR) is 58.9 cm³/mol. The quantitative estimate of drug-likeness (QED) is 0.788. The monoisotopic (exact) mass is 233 g/mol. The molecule has 0 atom stereocenters. The second kappa shape index (κ2) is 4.60. The van der Waals surface area contributed by atoms with Gasteiger partial charge in [-0.2, -0.15) is 0 Å². The second-order valence-electron chi connectivity index (χ2n) is 3.46. The van der Waals surface area contributed by atoms with E-state index in [0.29, 0.717) is 11.5 Å². The first-order valence-corrected chi connectivity index (χ1v) is 4.95. The van der Waals surface area contributed by atoms with E-state index in [9.17, 15) is 4.79 Å². The molecule has 0 radical (unpaired) electrons. The third-order valence-corrected chi connectivity index (χ3v) is 2.02. The molecule has 7 nitrogen and oxygen atoms in total. The minimum atomic E-state index is -0.335. The number of hydrogen-bond donors (Lipinski definition) is 2. The first kappa shape index (κ1) is 11.1. The predicted octanol–water partition coefficient (Wildman–Crippen LogP) is 0.285. The highest BCUT2D eigenvalue weighted by Gasteiger charge is 2.08. The molecule has 88 valence electrons. The zero-order valence-corrected chi connectivity index (χ0v) is 9.17. The Hall–Kier alpha value is -2.44. The fourth-order valence-electron chi connectivity index (χ4n) is 1.23. The minimum Gasteiger partial charge on any atom is -0.382 e. The van der Waals surface area contributed by atoms with E-state index in [4.69, 9.17) is 10.3 Å². The number of hydrogen-bond acceptors (Lipinski definition) is 6. The lowest BCUT2D eigenvalue weighted by Gasteiger charge is -2.01. The second-order valence-corrected chi connectivity index (χ2v) is 3.46. The third kappa shape index (κ3) is 2.77. The Kier molecular flexibility index (Phi) is 2.99. The molecule has 2 aromatic heterocycles. The van der Waals surface area contributed by atoms with E-state index < -0.39 is 0 Å². The number of aryl methyl sites for hydroxylation is 1. The molecule has 0 fully saturated rings. The van der Waals surface area contributed by atoms with E-state index in [1.807, 2.05) is 0 Å². The van der Waals surface area contributed by atoms with Gasteiger partial charge in [0.1, 0.15) is 17.3 Å². The summed E-state index contributed by atoms with van der Waals surface area (Å²) in [6, 6.07) is 4.77. The average Bonchev–Trinajstić information content (AvgIpc) is 2.73. The number of rotatable bonds is 3. The number of aromatic nitrogens is 3.